The number of hydrogen-bond donors (Lipinski definition) is 2. The Balaban J connectivity index is 1.60. The molecule has 2 aliphatic heterocycles. The molecule has 0 bridgehead atoms. The van der Waals surface area contributed by atoms with Gasteiger partial charge < -0.3 is 15.4 Å². The third kappa shape index (κ3) is 5.55. The second kappa shape index (κ2) is 9.69. The monoisotopic (exact) mass is 390 g/mol. The molecule has 2 unspecified atom stereocenters. The first-order valence-corrected chi connectivity index (χ1v) is 11.1. The summed E-state index contributed by atoms with van der Waals surface area (Å²) in [6, 6.07) is 8.85. The van der Waals surface area contributed by atoms with Crippen molar-refractivity contribution in [2.45, 2.75) is 43.4 Å². The third-order valence-corrected chi connectivity index (χ3v) is 7.24. The maximum atomic E-state index is 5.32. The van der Waals surface area contributed by atoms with E-state index in [4.69, 9.17) is 4.74 Å². The maximum absolute atomic E-state index is 5.32. The molecule has 0 spiro atoms. The van der Waals surface area contributed by atoms with Gasteiger partial charge in [0.2, 0.25) is 0 Å². The minimum atomic E-state index is 0.335. The number of benzene rings is 1. The van der Waals surface area contributed by atoms with Crippen LogP contribution in [0.15, 0.2) is 29.3 Å². The Morgan fingerprint density at radius 2 is 1.96 bits per heavy atom. The van der Waals surface area contributed by atoms with Crippen LogP contribution in [0.5, 0.6) is 5.75 Å². The number of ether oxygens (including phenoxy) is 1. The normalized spacial score (nSPS) is 24.8. The SMILES string of the molecule is CN=C(NCC(c1ccc(OC)cc1)N1CCCC1)NCC1(C)CCCS1. The van der Waals surface area contributed by atoms with Crippen molar-refractivity contribution in [2.24, 2.45) is 4.99 Å². The molecule has 0 aliphatic carbocycles. The van der Waals surface area contributed by atoms with Crippen molar-refractivity contribution in [3.05, 3.63) is 29.8 Å². The van der Waals surface area contributed by atoms with Gasteiger partial charge in [0.1, 0.15) is 5.75 Å². The predicted molar refractivity (Wildman–Crippen MR) is 116 cm³/mol. The van der Waals surface area contributed by atoms with E-state index in [-0.39, 0.29) is 0 Å². The Kier molecular flexibility index (Phi) is 7.30. The summed E-state index contributed by atoms with van der Waals surface area (Å²) in [7, 11) is 3.57. The first kappa shape index (κ1) is 20.3. The Bertz CT molecular complexity index is 607. The van der Waals surface area contributed by atoms with Crippen molar-refractivity contribution < 1.29 is 4.74 Å². The van der Waals surface area contributed by atoms with E-state index in [1.165, 1.54) is 50.1 Å². The molecule has 150 valence electrons. The van der Waals surface area contributed by atoms with Crippen LogP contribution < -0.4 is 15.4 Å². The molecule has 1 aromatic rings. The quantitative estimate of drug-likeness (QED) is 0.553. The van der Waals surface area contributed by atoms with Crippen LogP contribution in [0.4, 0.5) is 0 Å². The molecule has 0 radical (unpaired) electrons. The van der Waals surface area contributed by atoms with E-state index in [2.05, 4.69) is 63.5 Å². The lowest BCUT2D eigenvalue weighted by molar-refractivity contribution is 0.245. The minimum Gasteiger partial charge on any atom is -0.497 e. The molecule has 27 heavy (non-hydrogen) atoms. The molecule has 1 aromatic carbocycles. The molecule has 0 aromatic heterocycles. The number of rotatable bonds is 7. The van der Waals surface area contributed by atoms with Gasteiger partial charge in [-0.1, -0.05) is 12.1 Å². The highest BCUT2D eigenvalue weighted by atomic mass is 32.2. The van der Waals surface area contributed by atoms with Gasteiger partial charge in [-0.05, 0) is 69.1 Å². The van der Waals surface area contributed by atoms with Crippen LogP contribution in [0, 0.1) is 0 Å². The molecular weight excluding hydrogens is 356 g/mol. The maximum Gasteiger partial charge on any atom is 0.191 e. The van der Waals surface area contributed by atoms with Crippen molar-refractivity contribution >= 4 is 17.7 Å². The van der Waals surface area contributed by atoms with E-state index in [9.17, 15) is 0 Å². The molecule has 2 saturated heterocycles. The topological polar surface area (TPSA) is 48.9 Å². The first-order chi connectivity index (χ1) is 13.1. The summed E-state index contributed by atoms with van der Waals surface area (Å²) in [5, 5.41) is 7.12. The van der Waals surface area contributed by atoms with E-state index >= 15 is 0 Å². The summed E-state index contributed by atoms with van der Waals surface area (Å²) in [6.45, 7) is 6.51. The van der Waals surface area contributed by atoms with Crippen LogP contribution >= 0.6 is 11.8 Å². The van der Waals surface area contributed by atoms with Crippen LogP contribution in [0.3, 0.4) is 0 Å². The standard InChI is InChI=1S/C21H34N4OS/c1-21(11-6-14-27-21)16-24-20(22-2)23-15-19(25-12-4-5-13-25)17-7-9-18(26-3)10-8-17/h7-10,19H,4-6,11-16H2,1-3H3,(H2,22,23,24). The van der Waals surface area contributed by atoms with Gasteiger partial charge in [-0.15, -0.1) is 0 Å². The lowest BCUT2D eigenvalue weighted by atomic mass is 10.1. The van der Waals surface area contributed by atoms with Gasteiger partial charge in [0, 0.05) is 24.9 Å². The number of methoxy groups -OCH3 is 1. The third-order valence-electron chi connectivity index (χ3n) is 5.70. The lowest BCUT2D eigenvalue weighted by Crippen LogP contribution is -2.46. The van der Waals surface area contributed by atoms with Crippen LogP contribution in [0.1, 0.15) is 44.2 Å². The number of guanidine groups is 1. The number of thioether (sulfide) groups is 1. The highest BCUT2D eigenvalue weighted by molar-refractivity contribution is 8.00. The van der Waals surface area contributed by atoms with Crippen LogP contribution in [-0.2, 0) is 0 Å². The van der Waals surface area contributed by atoms with E-state index in [1.807, 2.05) is 7.05 Å². The van der Waals surface area contributed by atoms with Gasteiger partial charge in [-0.3, -0.25) is 9.89 Å². The average Bonchev–Trinajstić information content (AvgIpc) is 3.37. The predicted octanol–water partition coefficient (Wildman–Crippen LogP) is 3.28. The first-order valence-electron chi connectivity index (χ1n) is 10.1. The minimum absolute atomic E-state index is 0.335. The van der Waals surface area contributed by atoms with Gasteiger partial charge in [0.05, 0.1) is 13.2 Å². The molecule has 2 atom stereocenters. The summed E-state index contributed by atoms with van der Waals surface area (Å²) < 4.78 is 5.66. The molecule has 2 heterocycles. The zero-order valence-electron chi connectivity index (χ0n) is 17.0. The lowest BCUT2D eigenvalue weighted by Gasteiger charge is -2.30. The second-order valence-electron chi connectivity index (χ2n) is 7.74. The second-order valence-corrected chi connectivity index (χ2v) is 9.42. The zero-order chi connectivity index (χ0) is 19.1. The van der Waals surface area contributed by atoms with Gasteiger partial charge in [0.15, 0.2) is 5.96 Å². The summed E-state index contributed by atoms with van der Waals surface area (Å²) in [5.74, 6) is 3.09. The van der Waals surface area contributed by atoms with Gasteiger partial charge in [0.25, 0.3) is 0 Å². The fourth-order valence-electron chi connectivity index (χ4n) is 4.00. The molecule has 0 saturated carbocycles. The Hall–Kier alpha value is -1.40. The highest BCUT2D eigenvalue weighted by Crippen LogP contribution is 2.36. The zero-order valence-corrected chi connectivity index (χ0v) is 17.8. The van der Waals surface area contributed by atoms with Gasteiger partial charge >= 0.3 is 0 Å². The molecule has 2 fully saturated rings. The van der Waals surface area contributed by atoms with E-state index in [0.29, 0.717) is 10.8 Å². The van der Waals surface area contributed by atoms with Crippen LogP contribution in [0.25, 0.3) is 0 Å². The van der Waals surface area contributed by atoms with Crippen molar-refractivity contribution in [3.63, 3.8) is 0 Å². The van der Waals surface area contributed by atoms with Crippen LogP contribution in [0.2, 0.25) is 0 Å². The molecular formula is C21H34N4OS. The molecule has 2 aliphatic rings. The van der Waals surface area contributed by atoms with E-state index < -0.39 is 0 Å². The number of aliphatic imine (C=N–C) groups is 1. The van der Waals surface area contributed by atoms with Crippen molar-refractivity contribution in [3.8, 4) is 5.75 Å². The molecule has 3 rings (SSSR count). The highest BCUT2D eigenvalue weighted by Gasteiger charge is 2.29. The Morgan fingerprint density at radius 3 is 2.56 bits per heavy atom. The fraction of sp³-hybridized carbons (Fsp3) is 0.667. The molecule has 6 heteroatoms. The van der Waals surface area contributed by atoms with Crippen LogP contribution in [-0.4, -0.2) is 61.7 Å². The van der Waals surface area contributed by atoms with E-state index in [1.54, 1.807) is 7.11 Å². The molecule has 2 N–H and O–H groups in total. The largest absolute Gasteiger partial charge is 0.497 e. The average molecular weight is 391 g/mol. The summed E-state index contributed by atoms with van der Waals surface area (Å²) in [6.07, 6.45) is 5.18. The summed E-state index contributed by atoms with van der Waals surface area (Å²) in [4.78, 5) is 7.03. The number of hydrogen-bond acceptors (Lipinski definition) is 4. The fourth-order valence-corrected chi connectivity index (χ4v) is 5.24. The van der Waals surface area contributed by atoms with Crippen molar-refractivity contribution in [1.29, 1.82) is 0 Å². The van der Waals surface area contributed by atoms with Crippen molar-refractivity contribution in [2.75, 3.05) is 46.1 Å². The van der Waals surface area contributed by atoms with Gasteiger partial charge in [-0.25, -0.2) is 0 Å². The van der Waals surface area contributed by atoms with E-state index in [0.717, 1.165) is 24.8 Å². The summed E-state index contributed by atoms with van der Waals surface area (Å²) in [5.41, 5.74) is 1.33. The number of nitrogens with zero attached hydrogens (tertiary/aromatic N) is 2. The number of nitrogens with one attached hydrogen (secondary N) is 2. The Labute approximate surface area is 168 Å². The summed E-state index contributed by atoms with van der Waals surface area (Å²) >= 11 is 2.08. The van der Waals surface area contributed by atoms with Crippen molar-refractivity contribution in [1.82, 2.24) is 15.5 Å². The number of likely N-dealkylation sites (tertiary alicyclic amines) is 1. The molecule has 5 nitrogen and oxygen atoms in total. The Morgan fingerprint density at radius 1 is 1.22 bits per heavy atom. The smallest absolute Gasteiger partial charge is 0.191 e. The molecule has 0 amide bonds. The van der Waals surface area contributed by atoms with Gasteiger partial charge in [-0.2, -0.15) is 11.8 Å².